The summed E-state index contributed by atoms with van der Waals surface area (Å²) in [5.41, 5.74) is -0.451. The summed E-state index contributed by atoms with van der Waals surface area (Å²) in [5, 5.41) is 8.89. The number of methoxy groups -OCH3 is 1. The van der Waals surface area contributed by atoms with Gasteiger partial charge in [-0.05, 0) is 6.07 Å². The van der Waals surface area contributed by atoms with E-state index in [1.165, 1.54) is 12.3 Å². The molecular weight excluding hydrogens is 451 g/mol. The minimum Gasteiger partial charge on any atom is -0.479 e. The van der Waals surface area contributed by atoms with Crippen LogP contribution in [0.5, 0.6) is 11.8 Å². The smallest absolute Gasteiger partial charge is 0.279 e. The lowest BCUT2D eigenvalue weighted by atomic mass is 10.3. The number of rotatable bonds is 7. The van der Waals surface area contributed by atoms with E-state index in [9.17, 15) is 26.9 Å². The lowest BCUT2D eigenvalue weighted by Crippen LogP contribution is -2.17. The first kappa shape index (κ1) is 21.5. The van der Waals surface area contributed by atoms with Crippen LogP contribution in [-0.2, 0) is 10.0 Å². The summed E-state index contributed by atoms with van der Waals surface area (Å²) < 4.78 is 76.9. The van der Waals surface area contributed by atoms with Crippen LogP contribution in [0.25, 0.3) is 5.65 Å². The molecule has 3 aromatic rings. The molecule has 0 amide bonds. The van der Waals surface area contributed by atoms with E-state index in [1.54, 1.807) is 0 Å². The molecule has 3 rings (SSSR count). The highest BCUT2D eigenvalue weighted by Crippen LogP contribution is 2.31. The number of imidazole rings is 1. The molecule has 0 atom stereocenters. The maximum Gasteiger partial charge on any atom is 0.279 e. The van der Waals surface area contributed by atoms with Crippen LogP contribution in [0.4, 0.5) is 18.9 Å². The predicted octanol–water partition coefficient (Wildman–Crippen LogP) is 2.85. The van der Waals surface area contributed by atoms with Gasteiger partial charge in [0.1, 0.15) is 17.3 Å². The van der Waals surface area contributed by atoms with Gasteiger partial charge >= 0.3 is 0 Å². The van der Waals surface area contributed by atoms with Gasteiger partial charge in [0.05, 0.1) is 18.3 Å². The molecule has 30 heavy (non-hydrogen) atoms. The van der Waals surface area contributed by atoms with Crippen molar-refractivity contribution in [1.82, 2.24) is 14.4 Å². The molecule has 3 aromatic heterocycles. The van der Waals surface area contributed by atoms with Crippen molar-refractivity contribution in [2.45, 2.75) is 11.5 Å². The first-order chi connectivity index (χ1) is 14.2. The number of anilines is 1. The molecule has 0 fully saturated rings. The van der Waals surface area contributed by atoms with Gasteiger partial charge < -0.3 is 9.47 Å². The minimum atomic E-state index is -4.37. The molecule has 3 heterocycles. The van der Waals surface area contributed by atoms with E-state index in [-0.39, 0.29) is 21.3 Å². The van der Waals surface area contributed by atoms with Crippen molar-refractivity contribution >= 4 is 33.0 Å². The number of nitriles is 1. The normalized spacial score (nSPS) is 11.5. The third-order valence-corrected chi connectivity index (χ3v) is 5.33. The fraction of sp³-hybridized carbons (Fsp3) is 0.188. The highest BCUT2D eigenvalue weighted by molar-refractivity contribution is 7.92. The largest absolute Gasteiger partial charge is 0.479 e. The van der Waals surface area contributed by atoms with Crippen LogP contribution in [0.15, 0.2) is 29.6 Å². The molecule has 0 aliphatic rings. The van der Waals surface area contributed by atoms with Gasteiger partial charge in [0.15, 0.2) is 23.1 Å². The molecule has 0 aliphatic heterocycles. The molecule has 0 aliphatic carbocycles. The van der Waals surface area contributed by atoms with Gasteiger partial charge in [-0.2, -0.15) is 18.7 Å². The molecule has 0 spiro atoms. The number of pyridine rings is 2. The zero-order valence-electron chi connectivity index (χ0n) is 14.9. The molecule has 0 saturated carbocycles. The van der Waals surface area contributed by atoms with E-state index >= 15 is 0 Å². The number of sulfonamides is 1. The van der Waals surface area contributed by atoms with Gasteiger partial charge in [0.2, 0.25) is 5.88 Å². The fourth-order valence-corrected chi connectivity index (χ4v) is 3.75. The van der Waals surface area contributed by atoms with Gasteiger partial charge in [0, 0.05) is 12.3 Å². The quantitative estimate of drug-likeness (QED) is 0.574. The molecule has 1 N–H and O–H groups in total. The van der Waals surface area contributed by atoms with Crippen molar-refractivity contribution in [2.75, 3.05) is 18.4 Å². The number of ether oxygens (including phenoxy) is 2. The predicted molar refractivity (Wildman–Crippen MR) is 98.0 cm³/mol. The third-order valence-electron chi connectivity index (χ3n) is 3.67. The Labute approximate surface area is 172 Å². The van der Waals surface area contributed by atoms with Crippen LogP contribution in [0.3, 0.4) is 0 Å². The van der Waals surface area contributed by atoms with E-state index in [0.717, 1.165) is 17.7 Å². The minimum absolute atomic E-state index is 0.00241. The van der Waals surface area contributed by atoms with Crippen LogP contribution in [0.2, 0.25) is 5.02 Å². The van der Waals surface area contributed by atoms with E-state index in [0.29, 0.717) is 6.07 Å². The van der Waals surface area contributed by atoms with Gasteiger partial charge in [-0.15, -0.1) is 0 Å². The standard InChI is InChI=1S/C16H11ClF3N5O4S/c1-28-16-11(4-10(18)15(23-16)29-7-12(19)20)24-30(26,27)13-6-22-14-8(5-21)9(17)2-3-25(13)14/h2-4,6,12,24H,7H2,1H3. The Morgan fingerprint density at radius 1 is 1.40 bits per heavy atom. The Bertz CT molecular complexity index is 1260. The lowest BCUT2D eigenvalue weighted by Gasteiger charge is -2.13. The number of alkyl halides is 2. The number of aromatic nitrogens is 3. The van der Waals surface area contributed by atoms with Crippen LogP contribution < -0.4 is 14.2 Å². The zero-order chi connectivity index (χ0) is 22.1. The Hall–Kier alpha value is -3.24. The van der Waals surface area contributed by atoms with E-state index in [1.807, 2.05) is 6.07 Å². The number of nitrogens with zero attached hydrogens (tertiary/aromatic N) is 4. The molecule has 0 radical (unpaired) electrons. The number of halogens is 4. The van der Waals surface area contributed by atoms with E-state index in [4.69, 9.17) is 16.3 Å². The van der Waals surface area contributed by atoms with E-state index < -0.39 is 46.3 Å². The van der Waals surface area contributed by atoms with Crippen molar-refractivity contribution in [3.63, 3.8) is 0 Å². The Morgan fingerprint density at radius 2 is 2.13 bits per heavy atom. The molecule has 0 aromatic carbocycles. The van der Waals surface area contributed by atoms with Gasteiger partial charge in [-0.1, -0.05) is 11.6 Å². The van der Waals surface area contributed by atoms with Crippen molar-refractivity contribution in [1.29, 1.82) is 5.26 Å². The molecule has 14 heteroatoms. The van der Waals surface area contributed by atoms with Gasteiger partial charge in [-0.25, -0.2) is 18.2 Å². The third kappa shape index (κ3) is 4.05. The summed E-state index contributed by atoms with van der Waals surface area (Å²) >= 11 is 5.91. The van der Waals surface area contributed by atoms with Crippen LogP contribution >= 0.6 is 11.6 Å². The Kier molecular flexibility index (Phi) is 5.90. The summed E-state index contributed by atoms with van der Waals surface area (Å²) in [6.07, 6.45) is -0.597. The second-order valence-corrected chi connectivity index (χ2v) is 7.62. The second-order valence-electron chi connectivity index (χ2n) is 5.58. The first-order valence-electron chi connectivity index (χ1n) is 7.92. The summed E-state index contributed by atoms with van der Waals surface area (Å²) in [6.45, 7) is -1.11. The van der Waals surface area contributed by atoms with Crippen LogP contribution in [0.1, 0.15) is 5.56 Å². The number of hydrogen-bond acceptors (Lipinski definition) is 7. The number of hydrogen-bond donors (Lipinski definition) is 1. The van der Waals surface area contributed by atoms with Crippen molar-refractivity contribution < 1.29 is 31.1 Å². The maximum absolute atomic E-state index is 14.1. The lowest BCUT2D eigenvalue weighted by molar-refractivity contribution is 0.0770. The highest BCUT2D eigenvalue weighted by Gasteiger charge is 2.25. The molecule has 0 saturated heterocycles. The first-order valence-corrected chi connectivity index (χ1v) is 9.78. The fourth-order valence-electron chi connectivity index (χ4n) is 2.43. The summed E-state index contributed by atoms with van der Waals surface area (Å²) in [6, 6.07) is 3.81. The molecular formula is C16H11ClF3N5O4S. The maximum atomic E-state index is 14.1. The summed E-state index contributed by atoms with van der Waals surface area (Å²) in [7, 11) is -3.26. The Morgan fingerprint density at radius 3 is 2.77 bits per heavy atom. The van der Waals surface area contributed by atoms with Crippen molar-refractivity contribution in [2.24, 2.45) is 0 Å². The zero-order valence-corrected chi connectivity index (χ0v) is 16.5. The molecule has 158 valence electrons. The summed E-state index contributed by atoms with van der Waals surface area (Å²) in [4.78, 5) is 7.46. The average molecular weight is 462 g/mol. The Balaban J connectivity index is 2.01. The number of fused-ring (bicyclic) bond motifs is 1. The van der Waals surface area contributed by atoms with Gasteiger partial charge in [0.25, 0.3) is 22.3 Å². The molecule has 9 nitrogen and oxygen atoms in total. The molecule has 0 unspecified atom stereocenters. The second kappa shape index (κ2) is 8.25. The van der Waals surface area contributed by atoms with Crippen molar-refractivity contribution in [3.05, 3.63) is 40.9 Å². The molecule has 0 bridgehead atoms. The van der Waals surface area contributed by atoms with Gasteiger partial charge in [-0.3, -0.25) is 9.12 Å². The SMILES string of the molecule is COc1nc(OCC(F)F)c(F)cc1NS(=O)(=O)c1cnc2c(C#N)c(Cl)ccn12. The average Bonchev–Trinajstić information content (AvgIpc) is 3.12. The topological polar surface area (TPSA) is 119 Å². The van der Waals surface area contributed by atoms with Crippen molar-refractivity contribution in [3.8, 4) is 17.8 Å². The number of nitrogens with one attached hydrogen (secondary N) is 1. The summed E-state index contributed by atoms with van der Waals surface area (Å²) in [5.74, 6) is -2.39. The van der Waals surface area contributed by atoms with Crippen LogP contribution in [0, 0.1) is 17.1 Å². The highest BCUT2D eigenvalue weighted by atomic mass is 35.5. The monoisotopic (exact) mass is 461 g/mol. The van der Waals surface area contributed by atoms with E-state index in [2.05, 4.69) is 19.4 Å². The van der Waals surface area contributed by atoms with Crippen LogP contribution in [-0.4, -0.2) is 42.9 Å².